The minimum absolute atomic E-state index is 0.0854. The molecule has 98 valence electrons. The van der Waals surface area contributed by atoms with Gasteiger partial charge in [0.25, 0.3) is 0 Å². The fourth-order valence-corrected chi connectivity index (χ4v) is 1.76. The highest BCUT2D eigenvalue weighted by molar-refractivity contribution is 7.71. The zero-order chi connectivity index (χ0) is 13.9. The molecule has 1 heterocycles. The number of aromatic nitrogens is 3. The Bertz CT molecular complexity index is 564. The molecule has 1 unspecified atom stereocenters. The Morgan fingerprint density at radius 3 is 2.44 bits per heavy atom. The number of hydrogen-bond donors (Lipinski definition) is 2. The fourth-order valence-electron chi connectivity index (χ4n) is 1.31. The molecule has 1 rings (SSSR count). The number of aromatic amines is 2. The Labute approximate surface area is 114 Å². The van der Waals surface area contributed by atoms with Gasteiger partial charge < -0.3 is 14.7 Å². The summed E-state index contributed by atoms with van der Waals surface area (Å²) in [5.74, 6) is -1.00. The third-order valence-electron chi connectivity index (χ3n) is 2.53. The molecule has 0 aliphatic carbocycles. The first-order chi connectivity index (χ1) is 8.32. The molecule has 2 N–H and O–H groups in total. The smallest absolute Gasteiger partial charge is 0.327 e. The van der Waals surface area contributed by atoms with Crippen molar-refractivity contribution in [3.8, 4) is 0 Å². The lowest BCUT2D eigenvalue weighted by Crippen LogP contribution is -2.42. The van der Waals surface area contributed by atoms with Gasteiger partial charge in [-0.2, -0.15) is 0 Å². The van der Waals surface area contributed by atoms with Gasteiger partial charge in [0.1, 0.15) is 5.82 Å². The maximum Gasteiger partial charge on any atom is 0.327 e. The van der Waals surface area contributed by atoms with Crippen molar-refractivity contribution in [2.75, 3.05) is 6.61 Å². The normalized spacial score (nSPS) is 13.7. The molecule has 6 nitrogen and oxygen atoms in total. The van der Waals surface area contributed by atoms with Gasteiger partial charge in [0, 0.05) is 0 Å². The van der Waals surface area contributed by atoms with Crippen molar-refractivity contribution < 1.29 is 14.3 Å². The quantitative estimate of drug-likeness (QED) is 0.497. The number of esters is 1. The van der Waals surface area contributed by atoms with Crippen LogP contribution in [0.25, 0.3) is 0 Å². The molecule has 0 radical (unpaired) electrons. The molecule has 0 aliphatic rings. The lowest BCUT2D eigenvalue weighted by atomic mass is 9.85. The van der Waals surface area contributed by atoms with Crippen LogP contribution >= 0.6 is 24.4 Å². The third kappa shape index (κ3) is 2.70. The Balaban J connectivity index is 3.45. The van der Waals surface area contributed by atoms with Crippen LogP contribution in [0.2, 0.25) is 0 Å². The van der Waals surface area contributed by atoms with Crippen molar-refractivity contribution in [3.63, 3.8) is 0 Å². The number of hydrogen-bond acceptors (Lipinski definition) is 6. The number of nitrogens with one attached hydrogen (secondary N) is 2. The number of ether oxygens (including phenoxy) is 1. The minimum atomic E-state index is -1.54. The molecule has 18 heavy (non-hydrogen) atoms. The lowest BCUT2D eigenvalue weighted by molar-refractivity contribution is -0.153. The van der Waals surface area contributed by atoms with Crippen molar-refractivity contribution in [1.29, 1.82) is 0 Å². The summed E-state index contributed by atoms with van der Waals surface area (Å²) < 4.78 is 5.20. The molecule has 0 amide bonds. The van der Waals surface area contributed by atoms with Gasteiger partial charge in [0.2, 0.25) is 4.77 Å². The molecule has 1 aromatic heterocycles. The molecule has 0 aliphatic heterocycles. The number of carbonyl (C=O) groups is 2. The zero-order valence-electron chi connectivity index (χ0n) is 10.2. The second kappa shape index (κ2) is 5.49. The summed E-state index contributed by atoms with van der Waals surface area (Å²) in [7, 11) is 0. The highest BCUT2D eigenvalue weighted by Gasteiger charge is 2.44. The van der Waals surface area contributed by atoms with E-state index < -0.39 is 17.2 Å². The zero-order valence-corrected chi connectivity index (χ0v) is 11.8. The van der Waals surface area contributed by atoms with Crippen LogP contribution < -0.4 is 0 Å². The van der Waals surface area contributed by atoms with Gasteiger partial charge in [-0.1, -0.05) is 0 Å². The van der Waals surface area contributed by atoms with Crippen molar-refractivity contribution in [2.45, 2.75) is 26.2 Å². The first kappa shape index (κ1) is 14.7. The lowest BCUT2D eigenvalue weighted by Gasteiger charge is -2.22. The Morgan fingerprint density at radius 1 is 1.39 bits per heavy atom. The van der Waals surface area contributed by atoms with E-state index in [1.165, 1.54) is 13.8 Å². The van der Waals surface area contributed by atoms with Crippen molar-refractivity contribution in [3.05, 3.63) is 15.4 Å². The molecule has 0 saturated heterocycles. The number of carbonyl (C=O) groups excluding carboxylic acids is 2. The summed E-state index contributed by atoms with van der Waals surface area (Å²) in [6.45, 7) is 4.54. The monoisotopic (exact) mass is 287 g/mol. The largest absolute Gasteiger partial charge is 0.465 e. The summed E-state index contributed by atoms with van der Waals surface area (Å²) in [5.41, 5.74) is -1.54. The molecule has 0 aromatic carbocycles. The Morgan fingerprint density at radius 2 is 2.00 bits per heavy atom. The van der Waals surface area contributed by atoms with Gasteiger partial charge >= 0.3 is 5.97 Å². The summed E-state index contributed by atoms with van der Waals surface area (Å²) in [4.78, 5) is 32.9. The van der Waals surface area contributed by atoms with E-state index >= 15 is 0 Å². The molecule has 1 atom stereocenters. The van der Waals surface area contributed by atoms with Crippen LogP contribution in [0.15, 0.2) is 0 Å². The van der Waals surface area contributed by atoms with E-state index in [4.69, 9.17) is 29.2 Å². The fraction of sp³-hybridized carbons (Fsp3) is 0.500. The second-order valence-corrected chi connectivity index (χ2v) is 4.54. The van der Waals surface area contributed by atoms with Crippen LogP contribution in [-0.2, 0) is 19.7 Å². The number of ketones is 1. The molecule has 1 aromatic rings. The molecule has 0 fully saturated rings. The van der Waals surface area contributed by atoms with E-state index in [-0.39, 0.29) is 22.0 Å². The van der Waals surface area contributed by atoms with Gasteiger partial charge in [-0.05, 0) is 45.2 Å². The van der Waals surface area contributed by atoms with Crippen LogP contribution in [-0.4, -0.2) is 33.3 Å². The molecular formula is C10H13N3O3S2. The van der Waals surface area contributed by atoms with E-state index in [1.807, 2.05) is 0 Å². The highest BCUT2D eigenvalue weighted by Crippen LogP contribution is 2.23. The Kier molecular flexibility index (Phi) is 4.47. The number of H-pyrrole nitrogens is 2. The van der Waals surface area contributed by atoms with Crippen molar-refractivity contribution in [2.24, 2.45) is 0 Å². The van der Waals surface area contributed by atoms with E-state index in [1.54, 1.807) is 6.92 Å². The topological polar surface area (TPSA) is 87.8 Å². The van der Waals surface area contributed by atoms with E-state index in [0.29, 0.717) is 0 Å². The van der Waals surface area contributed by atoms with E-state index in [0.717, 1.165) is 0 Å². The van der Waals surface area contributed by atoms with Gasteiger partial charge in [-0.15, -0.1) is 0 Å². The number of nitrogens with zero attached hydrogens (tertiary/aromatic N) is 1. The Hall–Kier alpha value is -1.41. The van der Waals surface area contributed by atoms with Gasteiger partial charge in [-0.25, -0.2) is 4.98 Å². The van der Waals surface area contributed by atoms with Gasteiger partial charge in [0.15, 0.2) is 16.0 Å². The predicted molar refractivity (Wildman–Crippen MR) is 69.3 cm³/mol. The molecule has 8 heteroatoms. The SMILES string of the molecule is CCOC(=O)C(C)(C(C)=O)c1nc(=S)[nH]c(=S)[nH]1. The third-order valence-corrected chi connectivity index (χ3v) is 2.92. The summed E-state index contributed by atoms with van der Waals surface area (Å²) in [6, 6.07) is 0. The van der Waals surface area contributed by atoms with Crippen LogP contribution in [0.4, 0.5) is 0 Å². The molecular weight excluding hydrogens is 274 g/mol. The summed E-state index contributed by atoms with van der Waals surface area (Å²) >= 11 is 9.79. The maximum atomic E-state index is 11.9. The number of rotatable bonds is 4. The standard InChI is InChI=1S/C10H13N3O3S2/c1-4-16-7(15)10(3,5(2)14)6-11-8(17)13-9(18)12-6/h4H2,1-3H3,(H2,11,12,13,17,18). The van der Waals surface area contributed by atoms with Crippen LogP contribution in [0.1, 0.15) is 26.6 Å². The van der Waals surface area contributed by atoms with Gasteiger partial charge in [-0.3, -0.25) is 9.59 Å². The van der Waals surface area contributed by atoms with Crippen LogP contribution in [0.5, 0.6) is 0 Å². The minimum Gasteiger partial charge on any atom is -0.465 e. The number of Topliss-reactive ketones (excluding diaryl/α,β-unsaturated/α-hetero) is 1. The first-order valence-corrected chi connectivity index (χ1v) is 6.03. The first-order valence-electron chi connectivity index (χ1n) is 5.21. The van der Waals surface area contributed by atoms with Crippen LogP contribution in [0, 0.1) is 9.54 Å². The second-order valence-electron chi connectivity index (χ2n) is 3.75. The van der Waals surface area contributed by atoms with Crippen LogP contribution in [0.3, 0.4) is 0 Å². The van der Waals surface area contributed by atoms with E-state index in [9.17, 15) is 9.59 Å². The summed E-state index contributed by atoms with van der Waals surface area (Å²) in [5, 5.41) is 0. The highest BCUT2D eigenvalue weighted by atomic mass is 32.1. The predicted octanol–water partition coefficient (Wildman–Crippen LogP) is 1.61. The van der Waals surface area contributed by atoms with Crippen molar-refractivity contribution in [1.82, 2.24) is 15.0 Å². The molecule has 0 bridgehead atoms. The summed E-state index contributed by atoms with van der Waals surface area (Å²) in [6.07, 6.45) is 0. The van der Waals surface area contributed by atoms with E-state index in [2.05, 4.69) is 15.0 Å². The average molecular weight is 287 g/mol. The maximum absolute atomic E-state index is 11.9. The molecule has 0 spiro atoms. The van der Waals surface area contributed by atoms with Crippen molar-refractivity contribution >= 4 is 36.2 Å². The average Bonchev–Trinajstić information content (AvgIpc) is 2.26. The van der Waals surface area contributed by atoms with Gasteiger partial charge in [0.05, 0.1) is 6.61 Å². The molecule has 0 saturated carbocycles.